The van der Waals surface area contributed by atoms with Crippen LogP contribution < -0.4 is 5.32 Å². The first-order valence-electron chi connectivity index (χ1n) is 6.43. The molecule has 0 fully saturated rings. The van der Waals surface area contributed by atoms with Crippen molar-refractivity contribution in [3.8, 4) is 5.69 Å². The van der Waals surface area contributed by atoms with Gasteiger partial charge < -0.3 is 5.32 Å². The number of nitrogens with zero attached hydrogens (tertiary/aromatic N) is 3. The van der Waals surface area contributed by atoms with Crippen LogP contribution in [0.3, 0.4) is 0 Å². The Hall–Kier alpha value is -1.84. The number of nitrogens with one attached hydrogen (secondary N) is 1. The van der Waals surface area contributed by atoms with Gasteiger partial charge in [0.1, 0.15) is 12.7 Å². The van der Waals surface area contributed by atoms with Crippen LogP contribution in [0.5, 0.6) is 0 Å². The van der Waals surface area contributed by atoms with Crippen molar-refractivity contribution in [3.63, 3.8) is 0 Å². The summed E-state index contributed by atoms with van der Waals surface area (Å²) in [5.74, 6) is 0.596. The molecule has 0 spiro atoms. The fourth-order valence-corrected chi connectivity index (χ4v) is 2.07. The molecular weight excluding hydrogens is 224 g/mol. The first-order valence-corrected chi connectivity index (χ1v) is 6.43. The Morgan fingerprint density at radius 3 is 2.67 bits per heavy atom. The largest absolute Gasteiger partial charge is 0.380 e. The third-order valence-electron chi connectivity index (χ3n) is 3.16. The van der Waals surface area contributed by atoms with E-state index in [2.05, 4.69) is 42.2 Å². The van der Waals surface area contributed by atoms with Gasteiger partial charge in [0, 0.05) is 6.04 Å². The fourth-order valence-electron chi connectivity index (χ4n) is 2.07. The number of aromatic nitrogens is 3. The van der Waals surface area contributed by atoms with Gasteiger partial charge in [0.05, 0.1) is 11.4 Å². The number of hydrogen-bond donors (Lipinski definition) is 1. The monoisotopic (exact) mass is 244 g/mol. The summed E-state index contributed by atoms with van der Waals surface area (Å²) in [7, 11) is 0. The van der Waals surface area contributed by atoms with Crippen molar-refractivity contribution < 1.29 is 0 Å². The Kier molecular flexibility index (Phi) is 3.97. The molecule has 18 heavy (non-hydrogen) atoms. The second-order valence-electron chi connectivity index (χ2n) is 4.76. The lowest BCUT2D eigenvalue weighted by molar-refractivity contribution is 0.511. The van der Waals surface area contributed by atoms with E-state index < -0.39 is 0 Å². The summed E-state index contributed by atoms with van der Waals surface area (Å²) in [5.41, 5.74) is 2.14. The van der Waals surface area contributed by atoms with Crippen molar-refractivity contribution in [2.24, 2.45) is 5.92 Å². The molecular formula is C14H20N4. The molecule has 0 aliphatic rings. The van der Waals surface area contributed by atoms with Crippen molar-refractivity contribution in [1.29, 1.82) is 0 Å². The van der Waals surface area contributed by atoms with E-state index >= 15 is 0 Å². The van der Waals surface area contributed by atoms with Crippen LogP contribution in [0, 0.1) is 5.92 Å². The minimum atomic E-state index is 0.467. The predicted molar refractivity (Wildman–Crippen MR) is 73.9 cm³/mol. The van der Waals surface area contributed by atoms with Crippen LogP contribution in [0.4, 0.5) is 5.69 Å². The molecule has 4 heteroatoms. The van der Waals surface area contributed by atoms with E-state index in [0.29, 0.717) is 12.0 Å². The molecule has 1 aromatic heterocycles. The van der Waals surface area contributed by atoms with Crippen LogP contribution in [-0.2, 0) is 0 Å². The SMILES string of the molecule is CCC(Nc1ccccc1-n1cncn1)C(C)C. The lowest BCUT2D eigenvalue weighted by Crippen LogP contribution is -2.25. The Labute approximate surface area is 108 Å². The van der Waals surface area contributed by atoms with Gasteiger partial charge in [-0.2, -0.15) is 5.10 Å². The van der Waals surface area contributed by atoms with Crippen molar-refractivity contribution >= 4 is 5.69 Å². The average molecular weight is 244 g/mol. The van der Waals surface area contributed by atoms with Gasteiger partial charge in [0.15, 0.2) is 0 Å². The molecule has 1 N–H and O–H groups in total. The maximum Gasteiger partial charge on any atom is 0.138 e. The summed E-state index contributed by atoms with van der Waals surface area (Å²) in [6.45, 7) is 6.67. The molecule has 0 bridgehead atoms. The molecule has 96 valence electrons. The molecule has 0 aliphatic heterocycles. The molecule has 1 atom stereocenters. The third kappa shape index (κ3) is 2.70. The Morgan fingerprint density at radius 2 is 2.06 bits per heavy atom. The van der Waals surface area contributed by atoms with E-state index in [1.165, 1.54) is 0 Å². The molecule has 2 aromatic rings. The van der Waals surface area contributed by atoms with Crippen molar-refractivity contribution in [3.05, 3.63) is 36.9 Å². The average Bonchev–Trinajstić information content (AvgIpc) is 2.89. The van der Waals surface area contributed by atoms with Gasteiger partial charge in [0.2, 0.25) is 0 Å². The van der Waals surface area contributed by atoms with Crippen molar-refractivity contribution in [2.45, 2.75) is 33.2 Å². The summed E-state index contributed by atoms with van der Waals surface area (Å²) >= 11 is 0. The zero-order valence-corrected chi connectivity index (χ0v) is 11.2. The van der Waals surface area contributed by atoms with Gasteiger partial charge in [-0.15, -0.1) is 0 Å². The second-order valence-corrected chi connectivity index (χ2v) is 4.76. The number of benzene rings is 1. The van der Waals surface area contributed by atoms with Crippen LogP contribution in [0.25, 0.3) is 5.69 Å². The highest BCUT2D eigenvalue weighted by Gasteiger charge is 2.13. The normalized spacial score (nSPS) is 12.7. The highest BCUT2D eigenvalue weighted by atomic mass is 15.3. The van der Waals surface area contributed by atoms with E-state index in [9.17, 15) is 0 Å². The highest BCUT2D eigenvalue weighted by molar-refractivity contribution is 5.60. The first-order chi connectivity index (χ1) is 8.72. The fraction of sp³-hybridized carbons (Fsp3) is 0.429. The van der Waals surface area contributed by atoms with Crippen molar-refractivity contribution in [2.75, 3.05) is 5.32 Å². The van der Waals surface area contributed by atoms with Crippen LogP contribution >= 0.6 is 0 Å². The zero-order chi connectivity index (χ0) is 13.0. The van der Waals surface area contributed by atoms with Crippen LogP contribution in [0.2, 0.25) is 0 Å². The van der Waals surface area contributed by atoms with Gasteiger partial charge >= 0.3 is 0 Å². The van der Waals surface area contributed by atoms with Gasteiger partial charge in [-0.1, -0.05) is 32.9 Å². The summed E-state index contributed by atoms with van der Waals surface area (Å²) in [5, 5.41) is 7.79. The van der Waals surface area contributed by atoms with Crippen LogP contribution in [0.1, 0.15) is 27.2 Å². The van der Waals surface area contributed by atoms with Gasteiger partial charge in [-0.3, -0.25) is 0 Å². The molecule has 0 radical (unpaired) electrons. The number of anilines is 1. The topological polar surface area (TPSA) is 42.7 Å². The molecule has 4 nitrogen and oxygen atoms in total. The lowest BCUT2D eigenvalue weighted by Gasteiger charge is -2.23. The number of hydrogen-bond acceptors (Lipinski definition) is 3. The molecule has 0 aliphatic carbocycles. The second kappa shape index (κ2) is 5.67. The predicted octanol–water partition coefficient (Wildman–Crippen LogP) is 3.11. The third-order valence-corrected chi connectivity index (χ3v) is 3.16. The minimum absolute atomic E-state index is 0.467. The number of rotatable bonds is 5. The van der Waals surface area contributed by atoms with Gasteiger partial charge in [-0.25, -0.2) is 9.67 Å². The summed E-state index contributed by atoms with van der Waals surface area (Å²) < 4.78 is 1.79. The Bertz CT molecular complexity index is 476. The standard InChI is InChI=1S/C14H20N4/c1-4-12(11(2)3)17-13-7-5-6-8-14(13)18-10-15-9-16-18/h5-12,17H,4H2,1-3H3. The maximum atomic E-state index is 4.19. The highest BCUT2D eigenvalue weighted by Crippen LogP contribution is 2.22. The molecule has 0 saturated heterocycles. The summed E-state index contributed by atoms with van der Waals surface area (Å²) in [6, 6.07) is 8.65. The number of para-hydroxylation sites is 2. The first kappa shape index (κ1) is 12.6. The molecule has 1 heterocycles. The van der Waals surface area contributed by atoms with E-state index in [0.717, 1.165) is 17.8 Å². The van der Waals surface area contributed by atoms with Gasteiger partial charge in [-0.05, 0) is 24.5 Å². The Balaban J connectivity index is 2.28. The zero-order valence-electron chi connectivity index (χ0n) is 11.2. The lowest BCUT2D eigenvalue weighted by atomic mass is 10.0. The summed E-state index contributed by atoms with van der Waals surface area (Å²) in [4.78, 5) is 4.00. The maximum absolute atomic E-state index is 4.19. The quantitative estimate of drug-likeness (QED) is 0.878. The van der Waals surface area contributed by atoms with Crippen LogP contribution in [0.15, 0.2) is 36.9 Å². The molecule has 0 amide bonds. The molecule has 1 unspecified atom stereocenters. The minimum Gasteiger partial charge on any atom is -0.380 e. The van der Waals surface area contributed by atoms with E-state index in [1.807, 2.05) is 18.2 Å². The summed E-state index contributed by atoms with van der Waals surface area (Å²) in [6.07, 6.45) is 4.37. The van der Waals surface area contributed by atoms with E-state index in [-0.39, 0.29) is 0 Å². The molecule has 0 saturated carbocycles. The Morgan fingerprint density at radius 1 is 1.28 bits per heavy atom. The molecule has 1 aromatic carbocycles. The van der Waals surface area contributed by atoms with E-state index in [1.54, 1.807) is 17.3 Å². The van der Waals surface area contributed by atoms with Gasteiger partial charge in [0.25, 0.3) is 0 Å². The smallest absolute Gasteiger partial charge is 0.138 e. The van der Waals surface area contributed by atoms with E-state index in [4.69, 9.17) is 0 Å². The van der Waals surface area contributed by atoms with Crippen molar-refractivity contribution in [1.82, 2.24) is 14.8 Å². The molecule has 2 rings (SSSR count). The van der Waals surface area contributed by atoms with Crippen LogP contribution in [-0.4, -0.2) is 20.8 Å².